The molecule has 16 heavy (non-hydrogen) atoms. The molecule has 86 valence electrons. The van der Waals surface area contributed by atoms with E-state index < -0.39 is 11.0 Å². The van der Waals surface area contributed by atoms with Crippen LogP contribution in [-0.4, -0.2) is 22.3 Å². The van der Waals surface area contributed by atoms with Crippen LogP contribution in [0.25, 0.3) is 0 Å². The summed E-state index contributed by atoms with van der Waals surface area (Å²) in [7, 11) is 0. The van der Waals surface area contributed by atoms with Crippen molar-refractivity contribution >= 4 is 11.8 Å². The van der Waals surface area contributed by atoms with E-state index in [1.807, 2.05) is 0 Å². The number of carbonyl (C=O) groups is 2. The third-order valence-corrected chi connectivity index (χ3v) is 3.69. The molecule has 0 spiro atoms. The van der Waals surface area contributed by atoms with E-state index in [-0.39, 0.29) is 18.2 Å². The predicted octanol–water partition coefficient (Wildman–Crippen LogP) is 1.61. The van der Waals surface area contributed by atoms with Gasteiger partial charge in [0, 0.05) is 6.42 Å². The van der Waals surface area contributed by atoms with E-state index in [1.165, 1.54) is 4.90 Å². The predicted molar refractivity (Wildman–Crippen MR) is 57.1 cm³/mol. The maximum absolute atomic E-state index is 12.1. The molecule has 0 unspecified atom stereocenters. The summed E-state index contributed by atoms with van der Waals surface area (Å²) in [6.45, 7) is 3.54. The van der Waals surface area contributed by atoms with Gasteiger partial charge >= 0.3 is 0 Å². The zero-order valence-corrected chi connectivity index (χ0v) is 9.75. The van der Waals surface area contributed by atoms with Crippen LogP contribution in [0.4, 0.5) is 0 Å². The lowest BCUT2D eigenvalue weighted by Gasteiger charge is -2.31. The third kappa shape index (κ3) is 1.35. The van der Waals surface area contributed by atoms with Crippen LogP contribution in [-0.2, 0) is 9.59 Å². The number of nitriles is 1. The molecule has 1 heterocycles. The van der Waals surface area contributed by atoms with Gasteiger partial charge in [-0.3, -0.25) is 14.5 Å². The second-order valence-electron chi connectivity index (χ2n) is 5.45. The smallest absolute Gasteiger partial charge is 0.236 e. The lowest BCUT2D eigenvalue weighted by molar-refractivity contribution is -0.145. The number of imide groups is 1. The highest BCUT2D eigenvalue weighted by Gasteiger charge is 2.54. The number of hydrogen-bond donors (Lipinski definition) is 0. The SMILES string of the molecule is CC1(C)CC(=O)N(C2(C#N)CCCC2)C1=O. The molecular formula is C12H16N2O2. The monoisotopic (exact) mass is 220 g/mol. The Morgan fingerprint density at radius 3 is 2.19 bits per heavy atom. The summed E-state index contributed by atoms with van der Waals surface area (Å²) in [5, 5.41) is 9.29. The molecule has 0 N–H and O–H groups in total. The van der Waals surface area contributed by atoms with Crippen LogP contribution in [0.2, 0.25) is 0 Å². The fourth-order valence-corrected chi connectivity index (χ4v) is 2.73. The number of hydrogen-bond acceptors (Lipinski definition) is 3. The fraction of sp³-hybridized carbons (Fsp3) is 0.750. The Hall–Kier alpha value is -1.37. The van der Waals surface area contributed by atoms with Crippen molar-refractivity contribution in [3.05, 3.63) is 0 Å². The molecule has 2 fully saturated rings. The molecule has 0 radical (unpaired) electrons. The van der Waals surface area contributed by atoms with E-state index in [2.05, 4.69) is 6.07 Å². The van der Waals surface area contributed by atoms with Crippen molar-refractivity contribution in [2.45, 2.75) is 51.5 Å². The second kappa shape index (κ2) is 3.31. The third-order valence-electron chi connectivity index (χ3n) is 3.69. The Morgan fingerprint density at radius 2 is 1.81 bits per heavy atom. The molecule has 2 rings (SSSR count). The zero-order chi connectivity index (χ0) is 12.0. The van der Waals surface area contributed by atoms with E-state index in [9.17, 15) is 14.9 Å². The molecule has 4 heteroatoms. The van der Waals surface area contributed by atoms with Crippen LogP contribution in [0.5, 0.6) is 0 Å². The molecule has 0 aromatic carbocycles. The number of rotatable bonds is 1. The average molecular weight is 220 g/mol. The minimum Gasteiger partial charge on any atom is -0.274 e. The Balaban J connectivity index is 2.38. The van der Waals surface area contributed by atoms with Crippen LogP contribution < -0.4 is 0 Å². The van der Waals surface area contributed by atoms with Crippen LogP contribution in [0.3, 0.4) is 0 Å². The highest BCUT2D eigenvalue weighted by Crippen LogP contribution is 2.42. The van der Waals surface area contributed by atoms with E-state index in [0.29, 0.717) is 12.8 Å². The second-order valence-corrected chi connectivity index (χ2v) is 5.45. The van der Waals surface area contributed by atoms with Crippen molar-refractivity contribution in [2.24, 2.45) is 5.41 Å². The summed E-state index contributed by atoms with van der Waals surface area (Å²) >= 11 is 0. The lowest BCUT2D eigenvalue weighted by atomic mass is 9.91. The normalized spacial score (nSPS) is 27.2. The summed E-state index contributed by atoms with van der Waals surface area (Å²) < 4.78 is 0. The molecule has 0 atom stereocenters. The minimum atomic E-state index is -0.845. The van der Waals surface area contributed by atoms with Gasteiger partial charge in [-0.2, -0.15) is 5.26 Å². The Morgan fingerprint density at radius 1 is 1.25 bits per heavy atom. The largest absolute Gasteiger partial charge is 0.274 e. The van der Waals surface area contributed by atoms with Crippen molar-refractivity contribution in [1.82, 2.24) is 4.90 Å². The van der Waals surface area contributed by atoms with Crippen molar-refractivity contribution in [1.29, 1.82) is 5.26 Å². The van der Waals surface area contributed by atoms with Gasteiger partial charge in [-0.05, 0) is 25.7 Å². The molecule has 0 aromatic heterocycles. The fourth-order valence-electron chi connectivity index (χ4n) is 2.73. The molecule has 1 aliphatic carbocycles. The highest BCUT2D eigenvalue weighted by atomic mass is 16.2. The van der Waals surface area contributed by atoms with Gasteiger partial charge in [0.2, 0.25) is 11.8 Å². The highest BCUT2D eigenvalue weighted by molar-refractivity contribution is 6.06. The van der Waals surface area contributed by atoms with Gasteiger partial charge < -0.3 is 0 Å². The van der Waals surface area contributed by atoms with E-state index in [4.69, 9.17) is 0 Å². The minimum absolute atomic E-state index is 0.180. The molecule has 4 nitrogen and oxygen atoms in total. The molecule has 2 amide bonds. The summed E-state index contributed by atoms with van der Waals surface area (Å²) in [5.74, 6) is -0.362. The van der Waals surface area contributed by atoms with Crippen molar-refractivity contribution < 1.29 is 9.59 Å². The topological polar surface area (TPSA) is 61.2 Å². The summed E-state index contributed by atoms with van der Waals surface area (Å²) in [4.78, 5) is 25.3. The van der Waals surface area contributed by atoms with Gasteiger partial charge in [-0.1, -0.05) is 13.8 Å². The van der Waals surface area contributed by atoms with Gasteiger partial charge in [0.25, 0.3) is 0 Å². The van der Waals surface area contributed by atoms with Gasteiger partial charge in [0.05, 0.1) is 11.5 Å². The van der Waals surface area contributed by atoms with Gasteiger partial charge in [0.15, 0.2) is 0 Å². The van der Waals surface area contributed by atoms with Crippen molar-refractivity contribution in [2.75, 3.05) is 0 Å². The van der Waals surface area contributed by atoms with Crippen LogP contribution in [0.1, 0.15) is 46.0 Å². The van der Waals surface area contributed by atoms with Gasteiger partial charge in [-0.25, -0.2) is 0 Å². The summed E-state index contributed by atoms with van der Waals surface area (Å²) in [6.07, 6.45) is 3.35. The number of amides is 2. The number of likely N-dealkylation sites (tertiary alicyclic amines) is 1. The van der Waals surface area contributed by atoms with E-state index >= 15 is 0 Å². The molecule has 0 bridgehead atoms. The quantitative estimate of drug-likeness (QED) is 0.631. The average Bonchev–Trinajstić information content (AvgIpc) is 2.73. The molecule has 1 aliphatic heterocycles. The zero-order valence-electron chi connectivity index (χ0n) is 9.75. The van der Waals surface area contributed by atoms with Crippen molar-refractivity contribution in [3.8, 4) is 6.07 Å². The van der Waals surface area contributed by atoms with Crippen molar-refractivity contribution in [3.63, 3.8) is 0 Å². The molecule has 1 saturated heterocycles. The first-order valence-corrected chi connectivity index (χ1v) is 5.72. The molecule has 2 aliphatic rings. The van der Waals surface area contributed by atoms with Gasteiger partial charge in [-0.15, -0.1) is 0 Å². The van der Waals surface area contributed by atoms with Crippen LogP contribution >= 0.6 is 0 Å². The first kappa shape index (κ1) is 11.1. The maximum Gasteiger partial charge on any atom is 0.236 e. The Labute approximate surface area is 95.2 Å². The van der Waals surface area contributed by atoms with Crippen LogP contribution in [0, 0.1) is 16.7 Å². The molecule has 0 aromatic rings. The lowest BCUT2D eigenvalue weighted by Crippen LogP contribution is -2.50. The first-order chi connectivity index (χ1) is 7.43. The Kier molecular flexibility index (Phi) is 2.30. The first-order valence-electron chi connectivity index (χ1n) is 5.72. The Bertz CT molecular complexity index is 386. The van der Waals surface area contributed by atoms with Crippen LogP contribution in [0.15, 0.2) is 0 Å². The van der Waals surface area contributed by atoms with E-state index in [1.54, 1.807) is 13.8 Å². The standard InChI is InChI=1S/C12H16N2O2/c1-11(2)7-9(15)14(10(11)16)12(8-13)5-3-4-6-12/h3-7H2,1-2H3. The maximum atomic E-state index is 12.1. The number of nitrogens with zero attached hydrogens (tertiary/aromatic N) is 2. The summed E-state index contributed by atoms with van der Waals surface area (Å²) in [5.41, 5.74) is -1.48. The van der Waals surface area contributed by atoms with Gasteiger partial charge in [0.1, 0.15) is 5.54 Å². The summed E-state index contributed by atoms with van der Waals surface area (Å²) in [6, 6.07) is 2.20. The molecular weight excluding hydrogens is 204 g/mol. The number of carbonyl (C=O) groups excluding carboxylic acids is 2. The van der Waals surface area contributed by atoms with E-state index in [0.717, 1.165) is 12.8 Å². The molecule has 1 saturated carbocycles.